The highest BCUT2D eigenvalue weighted by molar-refractivity contribution is 6.38. The number of Topliss-reactive ketones (excluding diaryl/α,β-unsaturated/α-hetero) is 1. The Labute approximate surface area is 98.1 Å². The Balaban J connectivity index is 2.22. The van der Waals surface area contributed by atoms with Crippen molar-refractivity contribution in [3.63, 3.8) is 0 Å². The van der Waals surface area contributed by atoms with Gasteiger partial charge in [0.2, 0.25) is 0 Å². The van der Waals surface area contributed by atoms with Gasteiger partial charge in [-0.05, 0) is 17.7 Å². The lowest BCUT2D eigenvalue weighted by Crippen LogP contribution is -1.98. The molecule has 1 aliphatic rings. The fourth-order valence-electron chi connectivity index (χ4n) is 2.05. The molecule has 0 amide bonds. The summed E-state index contributed by atoms with van der Waals surface area (Å²) in [6, 6.07) is 10.5. The Morgan fingerprint density at radius 1 is 0.941 bits per heavy atom. The van der Waals surface area contributed by atoms with Gasteiger partial charge in [-0.3, -0.25) is 9.78 Å². The first-order chi connectivity index (χ1) is 8.29. The number of carbonyl (C=O) groups is 1. The normalized spacial score (nSPS) is 14.0. The van der Waals surface area contributed by atoms with Crippen molar-refractivity contribution in [3.05, 3.63) is 65.5 Å². The molecule has 0 aliphatic heterocycles. The Morgan fingerprint density at radius 3 is 2.24 bits per heavy atom. The number of carbonyl (C=O) groups excluding carboxylic acids is 1. The standard InChI is InChI=1S/C14H9NO2/c16-13-10-3-1-2-4-11(10)14(17)12(13)9-5-7-15-8-6-9/h1-8,16H. The van der Waals surface area contributed by atoms with E-state index in [1.165, 1.54) is 0 Å². The highest BCUT2D eigenvalue weighted by Gasteiger charge is 2.29. The zero-order chi connectivity index (χ0) is 11.8. The van der Waals surface area contributed by atoms with Crippen molar-refractivity contribution in [1.29, 1.82) is 0 Å². The van der Waals surface area contributed by atoms with Crippen molar-refractivity contribution in [2.24, 2.45) is 0 Å². The van der Waals surface area contributed by atoms with Crippen LogP contribution >= 0.6 is 0 Å². The Hall–Kier alpha value is -2.42. The summed E-state index contributed by atoms with van der Waals surface area (Å²) in [5.41, 5.74) is 2.20. The SMILES string of the molecule is O=C1C(c2ccncc2)=C(O)c2ccccc21. The Kier molecular flexibility index (Phi) is 2.05. The summed E-state index contributed by atoms with van der Waals surface area (Å²) < 4.78 is 0. The van der Waals surface area contributed by atoms with Crippen LogP contribution in [0.5, 0.6) is 0 Å². The molecule has 1 aromatic carbocycles. The van der Waals surface area contributed by atoms with Crippen LogP contribution in [0, 0.1) is 0 Å². The third-order valence-electron chi connectivity index (χ3n) is 2.86. The number of hydrogen-bond acceptors (Lipinski definition) is 3. The van der Waals surface area contributed by atoms with Gasteiger partial charge in [-0.2, -0.15) is 0 Å². The molecule has 0 saturated carbocycles. The number of nitrogens with zero attached hydrogens (tertiary/aromatic N) is 1. The van der Waals surface area contributed by atoms with E-state index in [2.05, 4.69) is 4.98 Å². The summed E-state index contributed by atoms with van der Waals surface area (Å²) in [7, 11) is 0. The van der Waals surface area contributed by atoms with E-state index >= 15 is 0 Å². The number of hydrogen-bond donors (Lipinski definition) is 1. The van der Waals surface area contributed by atoms with Gasteiger partial charge in [0, 0.05) is 23.5 Å². The van der Waals surface area contributed by atoms with E-state index in [9.17, 15) is 9.90 Å². The highest BCUT2D eigenvalue weighted by Crippen LogP contribution is 2.36. The van der Waals surface area contributed by atoms with E-state index in [4.69, 9.17) is 0 Å². The summed E-state index contributed by atoms with van der Waals surface area (Å²) in [6.07, 6.45) is 3.21. The third kappa shape index (κ3) is 1.36. The van der Waals surface area contributed by atoms with E-state index < -0.39 is 0 Å². The molecule has 3 nitrogen and oxygen atoms in total. The Morgan fingerprint density at radius 2 is 1.59 bits per heavy atom. The van der Waals surface area contributed by atoms with Crippen LogP contribution in [0.1, 0.15) is 21.5 Å². The molecule has 0 saturated heterocycles. The quantitative estimate of drug-likeness (QED) is 0.808. The van der Waals surface area contributed by atoms with E-state index in [0.717, 1.165) is 0 Å². The van der Waals surface area contributed by atoms with Crippen LogP contribution in [0.3, 0.4) is 0 Å². The molecule has 3 heteroatoms. The molecule has 3 rings (SSSR count). The van der Waals surface area contributed by atoms with E-state index in [1.807, 2.05) is 0 Å². The first-order valence-corrected chi connectivity index (χ1v) is 5.27. The van der Waals surface area contributed by atoms with Crippen LogP contribution in [0.2, 0.25) is 0 Å². The van der Waals surface area contributed by atoms with Gasteiger partial charge in [-0.15, -0.1) is 0 Å². The van der Waals surface area contributed by atoms with Crippen molar-refractivity contribution in [2.75, 3.05) is 0 Å². The molecule has 2 aromatic rings. The smallest absolute Gasteiger partial charge is 0.198 e. The maximum absolute atomic E-state index is 12.2. The number of rotatable bonds is 1. The fourth-order valence-corrected chi connectivity index (χ4v) is 2.05. The van der Waals surface area contributed by atoms with Gasteiger partial charge >= 0.3 is 0 Å². The summed E-state index contributed by atoms with van der Waals surface area (Å²) in [4.78, 5) is 16.1. The van der Waals surface area contributed by atoms with Crippen molar-refractivity contribution in [1.82, 2.24) is 4.98 Å². The molecule has 1 heterocycles. The minimum atomic E-state index is -0.135. The molecule has 82 valence electrons. The number of allylic oxidation sites excluding steroid dienone is 1. The van der Waals surface area contributed by atoms with E-state index in [1.54, 1.807) is 48.8 Å². The maximum atomic E-state index is 12.2. The highest BCUT2D eigenvalue weighted by atomic mass is 16.3. The number of ketones is 1. The molecule has 17 heavy (non-hydrogen) atoms. The van der Waals surface area contributed by atoms with Crippen LogP contribution in [0.4, 0.5) is 0 Å². The summed E-state index contributed by atoms with van der Waals surface area (Å²) >= 11 is 0. The van der Waals surface area contributed by atoms with Gasteiger partial charge in [0.05, 0.1) is 5.57 Å². The van der Waals surface area contributed by atoms with Gasteiger partial charge in [-0.25, -0.2) is 0 Å². The predicted molar refractivity (Wildman–Crippen MR) is 64.5 cm³/mol. The summed E-state index contributed by atoms with van der Waals surface area (Å²) in [5.74, 6) is -0.0823. The van der Waals surface area contributed by atoms with Gasteiger partial charge < -0.3 is 5.11 Å². The lowest BCUT2D eigenvalue weighted by Gasteiger charge is -2.00. The van der Waals surface area contributed by atoms with Crippen molar-refractivity contribution >= 4 is 17.1 Å². The molecule has 1 aliphatic carbocycles. The zero-order valence-corrected chi connectivity index (χ0v) is 8.92. The van der Waals surface area contributed by atoms with Gasteiger partial charge in [0.1, 0.15) is 5.76 Å². The molecular weight excluding hydrogens is 214 g/mol. The molecule has 0 radical (unpaired) electrons. The van der Waals surface area contributed by atoms with Crippen LogP contribution in [0.25, 0.3) is 11.3 Å². The molecular formula is C14H9NO2. The average molecular weight is 223 g/mol. The molecule has 0 bridgehead atoms. The molecule has 0 spiro atoms. The number of aliphatic hydroxyl groups excluding tert-OH is 1. The lowest BCUT2D eigenvalue weighted by atomic mass is 10.0. The second-order valence-corrected chi connectivity index (χ2v) is 3.83. The number of aliphatic hydroxyl groups is 1. The maximum Gasteiger partial charge on any atom is 0.198 e. The van der Waals surface area contributed by atoms with Gasteiger partial charge in [0.25, 0.3) is 0 Å². The van der Waals surface area contributed by atoms with Crippen LogP contribution in [-0.4, -0.2) is 15.9 Å². The first-order valence-electron chi connectivity index (χ1n) is 5.27. The van der Waals surface area contributed by atoms with E-state index in [-0.39, 0.29) is 11.5 Å². The molecule has 0 atom stereocenters. The molecule has 0 unspecified atom stereocenters. The van der Waals surface area contributed by atoms with Crippen molar-refractivity contribution in [2.45, 2.75) is 0 Å². The first kappa shape index (κ1) is 9.78. The number of pyridine rings is 1. The average Bonchev–Trinajstić information content (AvgIpc) is 2.64. The number of fused-ring (bicyclic) bond motifs is 1. The van der Waals surface area contributed by atoms with Crippen molar-refractivity contribution in [3.8, 4) is 0 Å². The van der Waals surface area contributed by atoms with Crippen LogP contribution < -0.4 is 0 Å². The second-order valence-electron chi connectivity index (χ2n) is 3.83. The Bertz CT molecular complexity index is 630. The zero-order valence-electron chi connectivity index (χ0n) is 8.92. The minimum Gasteiger partial charge on any atom is -0.507 e. The third-order valence-corrected chi connectivity index (χ3v) is 2.86. The molecule has 0 fully saturated rings. The van der Waals surface area contributed by atoms with Gasteiger partial charge in [-0.1, -0.05) is 24.3 Å². The van der Waals surface area contributed by atoms with Crippen LogP contribution in [0.15, 0.2) is 48.8 Å². The lowest BCUT2D eigenvalue weighted by molar-refractivity contribution is 0.105. The fraction of sp³-hybridized carbons (Fsp3) is 0. The van der Waals surface area contributed by atoms with Gasteiger partial charge in [0.15, 0.2) is 5.78 Å². The second kappa shape index (κ2) is 3.56. The molecule has 1 N–H and O–H groups in total. The van der Waals surface area contributed by atoms with Crippen molar-refractivity contribution < 1.29 is 9.90 Å². The summed E-state index contributed by atoms with van der Waals surface area (Å²) in [6.45, 7) is 0. The van der Waals surface area contributed by atoms with Crippen LogP contribution in [-0.2, 0) is 0 Å². The monoisotopic (exact) mass is 223 g/mol. The largest absolute Gasteiger partial charge is 0.507 e. The number of benzene rings is 1. The topological polar surface area (TPSA) is 50.2 Å². The number of aromatic nitrogens is 1. The minimum absolute atomic E-state index is 0.0526. The summed E-state index contributed by atoms with van der Waals surface area (Å²) in [5, 5.41) is 10.1. The predicted octanol–water partition coefficient (Wildman–Crippen LogP) is 2.70. The van der Waals surface area contributed by atoms with E-state index in [0.29, 0.717) is 22.3 Å². The molecule has 1 aromatic heterocycles.